The van der Waals surface area contributed by atoms with Gasteiger partial charge in [0.05, 0.1) is 25.1 Å². The predicted molar refractivity (Wildman–Crippen MR) is 121 cm³/mol. The summed E-state index contributed by atoms with van der Waals surface area (Å²) in [5, 5.41) is 3.05. The minimum absolute atomic E-state index is 0.226. The molecule has 1 amide bonds. The molecule has 0 aliphatic rings. The summed E-state index contributed by atoms with van der Waals surface area (Å²) in [5.41, 5.74) is 3.44. The summed E-state index contributed by atoms with van der Waals surface area (Å²) in [6.45, 7) is 7.69. The molecule has 0 saturated heterocycles. The molecule has 2 aromatic rings. The van der Waals surface area contributed by atoms with E-state index in [1.54, 1.807) is 19.2 Å². The molecule has 30 heavy (non-hydrogen) atoms. The lowest BCUT2D eigenvalue weighted by Crippen LogP contribution is -2.50. The Morgan fingerprint density at radius 1 is 1.07 bits per heavy atom. The first-order valence-corrected chi connectivity index (χ1v) is 12.0. The number of nitrogens with one attached hydrogen (secondary N) is 1. The summed E-state index contributed by atoms with van der Waals surface area (Å²) < 4.78 is 31.7. The van der Waals surface area contributed by atoms with Gasteiger partial charge in [-0.15, -0.1) is 0 Å². The van der Waals surface area contributed by atoms with Gasteiger partial charge in [-0.2, -0.15) is 0 Å². The molecular formula is C23H32N2O4S. The van der Waals surface area contributed by atoms with Gasteiger partial charge in [0, 0.05) is 0 Å². The van der Waals surface area contributed by atoms with Gasteiger partial charge in [-0.05, 0) is 56.0 Å². The van der Waals surface area contributed by atoms with E-state index < -0.39 is 16.1 Å². The summed E-state index contributed by atoms with van der Waals surface area (Å²) in [6.07, 6.45) is 2.16. The maximum absolute atomic E-state index is 13.2. The first-order valence-electron chi connectivity index (χ1n) is 10.1. The van der Waals surface area contributed by atoms with E-state index >= 15 is 0 Å². The molecule has 6 nitrogen and oxygen atoms in total. The van der Waals surface area contributed by atoms with Crippen LogP contribution >= 0.6 is 0 Å². The molecular weight excluding hydrogens is 400 g/mol. The highest BCUT2D eigenvalue weighted by molar-refractivity contribution is 7.92. The largest absolute Gasteiger partial charge is 0.496 e. The van der Waals surface area contributed by atoms with Gasteiger partial charge in [0.2, 0.25) is 15.9 Å². The van der Waals surface area contributed by atoms with Gasteiger partial charge in [0.1, 0.15) is 11.8 Å². The van der Waals surface area contributed by atoms with Crippen LogP contribution in [-0.4, -0.2) is 33.7 Å². The molecule has 0 spiro atoms. The number of hydrogen-bond donors (Lipinski definition) is 1. The van der Waals surface area contributed by atoms with E-state index in [1.165, 1.54) is 4.31 Å². The number of ether oxygens (including phenoxy) is 1. The molecule has 0 aromatic heterocycles. The number of carbonyl (C=O) groups excluding carboxylic acids is 1. The minimum Gasteiger partial charge on any atom is -0.496 e. The van der Waals surface area contributed by atoms with Crippen molar-refractivity contribution in [1.29, 1.82) is 0 Å². The summed E-state index contributed by atoms with van der Waals surface area (Å²) in [7, 11) is -2.03. The normalized spacial score (nSPS) is 13.4. The summed E-state index contributed by atoms with van der Waals surface area (Å²) >= 11 is 0. The monoisotopic (exact) mass is 432 g/mol. The zero-order chi connectivity index (χ0) is 22.5. The fourth-order valence-corrected chi connectivity index (χ4v) is 4.77. The fourth-order valence-electron chi connectivity index (χ4n) is 3.56. The van der Waals surface area contributed by atoms with Crippen molar-refractivity contribution in [2.24, 2.45) is 0 Å². The Labute approximate surface area is 180 Å². The average molecular weight is 433 g/mol. The van der Waals surface area contributed by atoms with Crippen LogP contribution in [0, 0.1) is 13.8 Å². The van der Waals surface area contributed by atoms with Gasteiger partial charge in [-0.3, -0.25) is 9.10 Å². The zero-order valence-corrected chi connectivity index (χ0v) is 19.4. The van der Waals surface area contributed by atoms with Gasteiger partial charge >= 0.3 is 0 Å². The Balaban J connectivity index is 2.34. The molecule has 0 radical (unpaired) electrons. The molecule has 2 aromatic carbocycles. The van der Waals surface area contributed by atoms with Crippen LogP contribution in [0.2, 0.25) is 0 Å². The van der Waals surface area contributed by atoms with E-state index in [0.29, 0.717) is 18.5 Å². The number of anilines is 1. The molecule has 0 fully saturated rings. The highest BCUT2D eigenvalue weighted by Crippen LogP contribution is 2.26. The lowest BCUT2D eigenvalue weighted by atomic mass is 10.0. The van der Waals surface area contributed by atoms with Gasteiger partial charge in [0.15, 0.2) is 0 Å². The molecule has 7 heteroatoms. The lowest BCUT2D eigenvalue weighted by Gasteiger charge is -2.31. The number of rotatable bonds is 9. The Morgan fingerprint density at radius 2 is 1.70 bits per heavy atom. The molecule has 2 unspecified atom stereocenters. The Hall–Kier alpha value is -2.54. The van der Waals surface area contributed by atoms with Crippen molar-refractivity contribution in [2.75, 3.05) is 17.7 Å². The first-order chi connectivity index (χ1) is 14.1. The van der Waals surface area contributed by atoms with Gasteiger partial charge in [-0.1, -0.05) is 43.7 Å². The highest BCUT2D eigenvalue weighted by atomic mass is 32.2. The second-order valence-electron chi connectivity index (χ2n) is 7.52. The number of sulfonamides is 1. The number of hydrogen-bond acceptors (Lipinski definition) is 4. The number of methoxy groups -OCH3 is 1. The molecule has 0 bridgehead atoms. The number of carbonyl (C=O) groups is 1. The maximum atomic E-state index is 13.2. The van der Waals surface area contributed by atoms with Gasteiger partial charge in [-0.25, -0.2) is 8.42 Å². The summed E-state index contributed by atoms with van der Waals surface area (Å²) in [6, 6.07) is 11.9. The molecule has 0 saturated carbocycles. The third-order valence-electron chi connectivity index (χ3n) is 5.16. The van der Waals surface area contributed by atoms with Crippen molar-refractivity contribution >= 4 is 21.6 Å². The van der Waals surface area contributed by atoms with Crippen LogP contribution in [0.5, 0.6) is 5.75 Å². The van der Waals surface area contributed by atoms with E-state index in [-0.39, 0.29) is 11.9 Å². The van der Waals surface area contributed by atoms with Crippen molar-refractivity contribution in [3.8, 4) is 5.75 Å². The standard InChI is InChI=1S/C23H32N2O4S/c1-7-20(18-11-14-22(29-5)17(4)15-18)24-23(26)21(8-2)25(30(6,27)28)19-12-9-16(3)10-13-19/h9-15,20-21H,7-8H2,1-6H3,(H,24,26). The summed E-state index contributed by atoms with van der Waals surface area (Å²) in [5.74, 6) is 0.470. The van der Waals surface area contributed by atoms with Crippen LogP contribution < -0.4 is 14.4 Å². The topological polar surface area (TPSA) is 75.7 Å². The van der Waals surface area contributed by atoms with Gasteiger partial charge in [0.25, 0.3) is 0 Å². The lowest BCUT2D eigenvalue weighted by molar-refractivity contribution is -0.123. The van der Waals surface area contributed by atoms with E-state index in [9.17, 15) is 13.2 Å². The molecule has 1 N–H and O–H groups in total. The smallest absolute Gasteiger partial charge is 0.244 e. The van der Waals surface area contributed by atoms with Crippen molar-refractivity contribution < 1.29 is 17.9 Å². The number of benzene rings is 2. The van der Waals surface area contributed by atoms with Crippen molar-refractivity contribution in [1.82, 2.24) is 5.32 Å². The van der Waals surface area contributed by atoms with Crippen LogP contribution in [-0.2, 0) is 14.8 Å². The van der Waals surface area contributed by atoms with Crippen LogP contribution in [0.4, 0.5) is 5.69 Å². The molecule has 0 aliphatic heterocycles. The summed E-state index contributed by atoms with van der Waals surface area (Å²) in [4.78, 5) is 13.2. The Kier molecular flexibility index (Phi) is 7.89. The minimum atomic E-state index is -3.65. The molecule has 0 heterocycles. The average Bonchev–Trinajstić information content (AvgIpc) is 2.70. The van der Waals surface area contributed by atoms with E-state index in [0.717, 1.165) is 28.7 Å². The molecule has 164 valence electrons. The fraction of sp³-hybridized carbons (Fsp3) is 0.435. The van der Waals surface area contributed by atoms with Crippen LogP contribution in [0.3, 0.4) is 0 Å². The third kappa shape index (κ3) is 5.53. The quantitative estimate of drug-likeness (QED) is 0.647. The Bertz CT molecular complexity index is 971. The predicted octanol–water partition coefficient (Wildman–Crippen LogP) is 4.12. The second-order valence-corrected chi connectivity index (χ2v) is 9.38. The van der Waals surface area contributed by atoms with Crippen LogP contribution in [0.15, 0.2) is 42.5 Å². The highest BCUT2D eigenvalue weighted by Gasteiger charge is 2.32. The van der Waals surface area contributed by atoms with Crippen LogP contribution in [0.25, 0.3) is 0 Å². The SMILES string of the molecule is CCC(NC(=O)C(CC)N(c1ccc(C)cc1)S(C)(=O)=O)c1ccc(OC)c(C)c1. The molecule has 2 atom stereocenters. The first kappa shape index (κ1) is 23.7. The van der Waals surface area contributed by atoms with Crippen molar-refractivity contribution in [3.05, 3.63) is 59.2 Å². The zero-order valence-electron chi connectivity index (χ0n) is 18.6. The van der Waals surface area contributed by atoms with Crippen molar-refractivity contribution in [3.63, 3.8) is 0 Å². The number of amides is 1. The van der Waals surface area contributed by atoms with Gasteiger partial charge < -0.3 is 10.1 Å². The van der Waals surface area contributed by atoms with E-state index in [1.807, 2.05) is 58.0 Å². The molecule has 0 aliphatic carbocycles. The van der Waals surface area contributed by atoms with Crippen LogP contribution in [0.1, 0.15) is 49.4 Å². The maximum Gasteiger partial charge on any atom is 0.244 e. The second kappa shape index (κ2) is 9.98. The third-order valence-corrected chi connectivity index (χ3v) is 6.34. The van der Waals surface area contributed by atoms with E-state index in [2.05, 4.69) is 5.32 Å². The number of aryl methyl sites for hydroxylation is 2. The number of nitrogens with zero attached hydrogens (tertiary/aromatic N) is 1. The molecule has 2 rings (SSSR count). The van der Waals surface area contributed by atoms with Crippen molar-refractivity contribution in [2.45, 2.75) is 52.6 Å². The van der Waals surface area contributed by atoms with E-state index in [4.69, 9.17) is 4.74 Å². The Morgan fingerprint density at radius 3 is 2.17 bits per heavy atom.